The zero-order valence-electron chi connectivity index (χ0n) is 11.0. The van der Waals surface area contributed by atoms with Crippen molar-refractivity contribution in [2.24, 2.45) is 5.73 Å². The van der Waals surface area contributed by atoms with Crippen molar-refractivity contribution in [1.29, 1.82) is 0 Å². The molecule has 0 radical (unpaired) electrons. The van der Waals surface area contributed by atoms with Crippen LogP contribution in [0.2, 0.25) is 10.0 Å². The third kappa shape index (κ3) is 4.24. The molecule has 106 valence electrons. The van der Waals surface area contributed by atoms with Crippen molar-refractivity contribution in [3.8, 4) is 11.8 Å². The SMILES string of the molecule is NCC#Cc1ccc(Cl)c(NC(=O)c2cccc(Cl)c2)c1. The molecule has 0 aliphatic carbocycles. The standard InChI is InChI=1S/C16H12Cl2N2O/c17-13-5-1-4-12(10-13)16(21)20-15-9-11(3-2-8-19)6-7-14(15)18/h1,4-7,9-10H,8,19H2,(H,20,21). The molecule has 0 atom stereocenters. The Bertz CT molecular complexity index is 733. The molecule has 3 N–H and O–H groups in total. The van der Waals surface area contributed by atoms with E-state index in [0.717, 1.165) is 5.56 Å². The van der Waals surface area contributed by atoms with Gasteiger partial charge in [0.15, 0.2) is 0 Å². The average Bonchev–Trinajstić information content (AvgIpc) is 2.48. The molecule has 5 heteroatoms. The monoisotopic (exact) mass is 318 g/mol. The van der Waals surface area contributed by atoms with E-state index in [1.165, 1.54) is 0 Å². The highest BCUT2D eigenvalue weighted by molar-refractivity contribution is 6.34. The summed E-state index contributed by atoms with van der Waals surface area (Å²) >= 11 is 11.9. The van der Waals surface area contributed by atoms with Crippen LogP contribution in [-0.4, -0.2) is 12.5 Å². The number of carbonyl (C=O) groups excluding carboxylic acids is 1. The summed E-state index contributed by atoms with van der Waals surface area (Å²) in [5.41, 5.74) is 7.01. The molecule has 0 aromatic heterocycles. The van der Waals surface area contributed by atoms with Crippen molar-refractivity contribution in [2.45, 2.75) is 0 Å². The van der Waals surface area contributed by atoms with E-state index in [1.54, 1.807) is 42.5 Å². The summed E-state index contributed by atoms with van der Waals surface area (Å²) in [6, 6.07) is 11.8. The first kappa shape index (κ1) is 15.4. The molecule has 0 bridgehead atoms. The van der Waals surface area contributed by atoms with Gasteiger partial charge in [0, 0.05) is 16.1 Å². The zero-order chi connectivity index (χ0) is 15.2. The first-order chi connectivity index (χ1) is 10.1. The van der Waals surface area contributed by atoms with Crippen LogP contribution in [0, 0.1) is 11.8 Å². The van der Waals surface area contributed by atoms with Crippen molar-refractivity contribution in [1.82, 2.24) is 0 Å². The third-order valence-electron chi connectivity index (χ3n) is 2.64. The Kier molecular flexibility index (Phi) is 5.24. The van der Waals surface area contributed by atoms with Crippen LogP contribution >= 0.6 is 23.2 Å². The molecule has 0 unspecified atom stereocenters. The fourth-order valence-corrected chi connectivity index (χ4v) is 2.03. The number of hydrogen-bond donors (Lipinski definition) is 2. The molecular weight excluding hydrogens is 307 g/mol. The second-order valence-electron chi connectivity index (χ2n) is 4.16. The number of anilines is 1. The molecule has 3 nitrogen and oxygen atoms in total. The van der Waals surface area contributed by atoms with Crippen LogP contribution in [0.1, 0.15) is 15.9 Å². The highest BCUT2D eigenvalue weighted by Gasteiger charge is 2.09. The Labute approximate surface area is 133 Å². The Hall–Kier alpha value is -1.99. The molecule has 0 aliphatic heterocycles. The number of rotatable bonds is 2. The fourth-order valence-electron chi connectivity index (χ4n) is 1.68. The summed E-state index contributed by atoms with van der Waals surface area (Å²) in [5, 5.41) is 3.67. The maximum atomic E-state index is 12.2. The zero-order valence-corrected chi connectivity index (χ0v) is 12.5. The van der Waals surface area contributed by atoms with Gasteiger partial charge in [0.25, 0.3) is 5.91 Å². The van der Waals surface area contributed by atoms with Crippen LogP contribution in [0.3, 0.4) is 0 Å². The van der Waals surface area contributed by atoms with Gasteiger partial charge in [-0.15, -0.1) is 0 Å². The van der Waals surface area contributed by atoms with Crippen molar-refractivity contribution >= 4 is 34.8 Å². The number of halogens is 2. The molecule has 0 saturated carbocycles. The van der Waals surface area contributed by atoms with Crippen molar-refractivity contribution in [3.05, 3.63) is 63.6 Å². The van der Waals surface area contributed by atoms with Gasteiger partial charge in [0.2, 0.25) is 0 Å². The van der Waals surface area contributed by atoms with E-state index in [4.69, 9.17) is 28.9 Å². The van der Waals surface area contributed by atoms with E-state index in [2.05, 4.69) is 17.2 Å². The molecule has 0 spiro atoms. The van der Waals surface area contributed by atoms with Crippen molar-refractivity contribution < 1.29 is 4.79 Å². The topological polar surface area (TPSA) is 55.1 Å². The van der Waals surface area contributed by atoms with Gasteiger partial charge in [0.05, 0.1) is 17.3 Å². The van der Waals surface area contributed by atoms with Gasteiger partial charge in [-0.2, -0.15) is 0 Å². The highest BCUT2D eigenvalue weighted by Crippen LogP contribution is 2.23. The quantitative estimate of drug-likeness (QED) is 0.832. The van der Waals surface area contributed by atoms with E-state index in [9.17, 15) is 4.79 Å². The van der Waals surface area contributed by atoms with Gasteiger partial charge in [-0.3, -0.25) is 4.79 Å². The predicted molar refractivity (Wildman–Crippen MR) is 86.8 cm³/mol. The summed E-state index contributed by atoms with van der Waals surface area (Å²) < 4.78 is 0. The molecule has 1 amide bonds. The Morgan fingerprint density at radius 3 is 2.71 bits per heavy atom. The van der Waals surface area contributed by atoms with Crippen LogP contribution in [0.25, 0.3) is 0 Å². The van der Waals surface area contributed by atoms with Gasteiger partial charge in [-0.25, -0.2) is 0 Å². The molecule has 0 heterocycles. The first-order valence-corrected chi connectivity index (χ1v) is 6.91. The Morgan fingerprint density at radius 1 is 1.19 bits per heavy atom. The number of carbonyl (C=O) groups is 1. The molecule has 2 aromatic carbocycles. The number of benzene rings is 2. The lowest BCUT2D eigenvalue weighted by Gasteiger charge is -2.08. The van der Waals surface area contributed by atoms with E-state index in [1.807, 2.05) is 0 Å². The molecule has 0 saturated heterocycles. The van der Waals surface area contributed by atoms with Gasteiger partial charge in [-0.05, 0) is 36.4 Å². The summed E-state index contributed by atoms with van der Waals surface area (Å²) in [6.45, 7) is 0.271. The van der Waals surface area contributed by atoms with Crippen LogP contribution in [-0.2, 0) is 0 Å². The van der Waals surface area contributed by atoms with E-state index in [-0.39, 0.29) is 12.5 Å². The number of hydrogen-bond acceptors (Lipinski definition) is 2. The minimum absolute atomic E-state index is 0.271. The second kappa shape index (κ2) is 7.14. The number of nitrogens with two attached hydrogens (primary N) is 1. The predicted octanol–water partition coefficient (Wildman–Crippen LogP) is 3.56. The Morgan fingerprint density at radius 2 is 2.00 bits per heavy atom. The summed E-state index contributed by atoms with van der Waals surface area (Å²) in [7, 11) is 0. The van der Waals surface area contributed by atoms with Crippen LogP contribution in [0.5, 0.6) is 0 Å². The summed E-state index contributed by atoms with van der Waals surface area (Å²) in [6.07, 6.45) is 0. The molecule has 0 aliphatic rings. The second-order valence-corrected chi connectivity index (χ2v) is 5.01. The molecular formula is C16H12Cl2N2O. The number of amides is 1. The summed E-state index contributed by atoms with van der Waals surface area (Å²) in [4.78, 5) is 12.2. The van der Waals surface area contributed by atoms with Gasteiger partial charge < -0.3 is 11.1 Å². The Balaban J connectivity index is 2.24. The first-order valence-electron chi connectivity index (χ1n) is 6.15. The lowest BCUT2D eigenvalue weighted by molar-refractivity contribution is 0.102. The normalized spacial score (nSPS) is 9.67. The van der Waals surface area contributed by atoms with E-state index in [0.29, 0.717) is 21.3 Å². The molecule has 0 fully saturated rings. The molecule has 21 heavy (non-hydrogen) atoms. The average molecular weight is 319 g/mol. The van der Waals surface area contributed by atoms with Crippen LogP contribution < -0.4 is 11.1 Å². The van der Waals surface area contributed by atoms with Gasteiger partial charge in [-0.1, -0.05) is 41.1 Å². The fraction of sp³-hybridized carbons (Fsp3) is 0.0625. The van der Waals surface area contributed by atoms with Crippen molar-refractivity contribution in [3.63, 3.8) is 0 Å². The summed E-state index contributed by atoms with van der Waals surface area (Å²) in [5.74, 6) is 5.35. The third-order valence-corrected chi connectivity index (χ3v) is 3.20. The van der Waals surface area contributed by atoms with Gasteiger partial charge in [0.1, 0.15) is 0 Å². The van der Waals surface area contributed by atoms with E-state index < -0.39 is 0 Å². The van der Waals surface area contributed by atoms with E-state index >= 15 is 0 Å². The largest absolute Gasteiger partial charge is 0.321 e. The van der Waals surface area contributed by atoms with Crippen LogP contribution in [0.15, 0.2) is 42.5 Å². The van der Waals surface area contributed by atoms with Gasteiger partial charge >= 0.3 is 0 Å². The van der Waals surface area contributed by atoms with Crippen molar-refractivity contribution in [2.75, 3.05) is 11.9 Å². The number of nitrogens with one attached hydrogen (secondary N) is 1. The lowest BCUT2D eigenvalue weighted by Crippen LogP contribution is -2.12. The molecule has 2 rings (SSSR count). The minimum atomic E-state index is -0.289. The van der Waals surface area contributed by atoms with Crippen LogP contribution in [0.4, 0.5) is 5.69 Å². The maximum Gasteiger partial charge on any atom is 0.255 e. The lowest BCUT2D eigenvalue weighted by atomic mass is 10.1. The molecule has 2 aromatic rings. The highest BCUT2D eigenvalue weighted by atomic mass is 35.5. The smallest absolute Gasteiger partial charge is 0.255 e. The minimum Gasteiger partial charge on any atom is -0.321 e. The maximum absolute atomic E-state index is 12.2.